The minimum absolute atomic E-state index is 0.264. The van der Waals surface area contributed by atoms with Gasteiger partial charge in [0.25, 0.3) is 0 Å². The molecule has 0 spiro atoms. The van der Waals surface area contributed by atoms with Crippen molar-refractivity contribution in [2.24, 2.45) is 0 Å². The molecule has 2 aromatic carbocycles. The molecule has 100 valence electrons. The quantitative estimate of drug-likeness (QED) is 0.684. The number of hydrogen-bond acceptors (Lipinski definition) is 1. The molecule has 1 unspecified atom stereocenters. The first-order chi connectivity index (χ1) is 9.11. The molecule has 0 aliphatic rings. The first kappa shape index (κ1) is 14.4. The average Bonchev–Trinajstić information content (AvgIpc) is 2.42. The Labute approximate surface area is 127 Å². The number of rotatable bonds is 4. The number of hydrogen-bond donors (Lipinski definition) is 0. The van der Waals surface area contributed by atoms with E-state index in [4.69, 9.17) is 16.3 Å². The monoisotopic (exact) mass is 338 g/mol. The van der Waals surface area contributed by atoms with E-state index in [-0.39, 0.29) is 4.83 Å². The van der Waals surface area contributed by atoms with Crippen LogP contribution in [0.3, 0.4) is 0 Å². The van der Waals surface area contributed by atoms with Gasteiger partial charge in [-0.1, -0.05) is 51.8 Å². The van der Waals surface area contributed by atoms with Crippen LogP contribution in [0.5, 0.6) is 5.75 Å². The summed E-state index contributed by atoms with van der Waals surface area (Å²) in [5.41, 5.74) is 3.64. The number of halogens is 2. The van der Waals surface area contributed by atoms with E-state index in [9.17, 15) is 0 Å². The van der Waals surface area contributed by atoms with Crippen LogP contribution in [0.15, 0.2) is 42.5 Å². The first-order valence-corrected chi connectivity index (χ1v) is 7.43. The maximum absolute atomic E-state index is 6.16. The maximum atomic E-state index is 6.16. The van der Waals surface area contributed by atoms with E-state index >= 15 is 0 Å². The molecule has 0 amide bonds. The topological polar surface area (TPSA) is 9.23 Å². The summed E-state index contributed by atoms with van der Waals surface area (Å²) in [5.74, 6) is 0.883. The first-order valence-electron chi connectivity index (χ1n) is 6.14. The lowest BCUT2D eigenvalue weighted by Crippen LogP contribution is -1.98. The van der Waals surface area contributed by atoms with Crippen molar-refractivity contribution in [3.63, 3.8) is 0 Å². The Hall–Kier alpha value is -0.990. The van der Waals surface area contributed by atoms with Crippen LogP contribution in [0, 0.1) is 6.92 Å². The molecule has 1 atom stereocenters. The lowest BCUT2D eigenvalue weighted by molar-refractivity contribution is 0.414. The van der Waals surface area contributed by atoms with Crippen molar-refractivity contribution in [3.05, 3.63) is 64.2 Å². The molecule has 0 aromatic heterocycles. The van der Waals surface area contributed by atoms with Crippen molar-refractivity contribution in [1.29, 1.82) is 0 Å². The molecule has 0 N–H and O–H groups in total. The third kappa shape index (κ3) is 3.52. The Bertz CT molecular complexity index is 551. The summed E-state index contributed by atoms with van der Waals surface area (Å²) in [6.45, 7) is 2.06. The molecule has 2 aromatic rings. The van der Waals surface area contributed by atoms with E-state index in [1.807, 2.05) is 24.3 Å². The summed E-state index contributed by atoms with van der Waals surface area (Å²) in [4.78, 5) is 0.264. The summed E-state index contributed by atoms with van der Waals surface area (Å²) in [6, 6.07) is 14.2. The zero-order chi connectivity index (χ0) is 13.8. The van der Waals surface area contributed by atoms with Gasteiger partial charge in [0.05, 0.1) is 7.11 Å². The molecule has 0 radical (unpaired) electrons. The van der Waals surface area contributed by atoms with Crippen LogP contribution >= 0.6 is 27.5 Å². The number of methoxy groups -OCH3 is 1. The number of benzene rings is 2. The molecule has 3 heteroatoms. The van der Waals surface area contributed by atoms with Crippen molar-refractivity contribution >= 4 is 27.5 Å². The molecular weight excluding hydrogens is 324 g/mol. The highest BCUT2D eigenvalue weighted by Gasteiger charge is 2.12. The molecule has 0 fully saturated rings. The van der Waals surface area contributed by atoms with Gasteiger partial charge in [-0.3, -0.25) is 0 Å². The van der Waals surface area contributed by atoms with Crippen LogP contribution in [-0.4, -0.2) is 7.11 Å². The Morgan fingerprint density at radius 3 is 2.47 bits per heavy atom. The molecule has 1 nitrogen and oxygen atoms in total. The third-order valence-corrected chi connectivity index (χ3v) is 4.45. The highest BCUT2D eigenvalue weighted by Crippen LogP contribution is 2.32. The summed E-state index contributed by atoms with van der Waals surface area (Å²) >= 11 is 9.92. The van der Waals surface area contributed by atoms with Crippen LogP contribution < -0.4 is 4.74 Å². The van der Waals surface area contributed by atoms with Crippen LogP contribution in [-0.2, 0) is 6.42 Å². The van der Waals surface area contributed by atoms with Gasteiger partial charge in [-0.05, 0) is 48.2 Å². The van der Waals surface area contributed by atoms with Gasteiger partial charge >= 0.3 is 0 Å². The summed E-state index contributed by atoms with van der Waals surface area (Å²) < 4.78 is 5.16. The fraction of sp³-hybridized carbons (Fsp3) is 0.250. The average molecular weight is 340 g/mol. The zero-order valence-electron chi connectivity index (χ0n) is 11.0. The van der Waals surface area contributed by atoms with Gasteiger partial charge < -0.3 is 4.74 Å². The van der Waals surface area contributed by atoms with E-state index < -0.39 is 0 Å². The van der Waals surface area contributed by atoms with Crippen molar-refractivity contribution in [3.8, 4) is 5.75 Å². The van der Waals surface area contributed by atoms with E-state index in [2.05, 4.69) is 41.1 Å². The second kappa shape index (κ2) is 6.44. The molecule has 0 bridgehead atoms. The Morgan fingerprint density at radius 2 is 1.84 bits per heavy atom. The fourth-order valence-electron chi connectivity index (χ4n) is 2.04. The predicted molar refractivity (Wildman–Crippen MR) is 84.6 cm³/mol. The molecule has 19 heavy (non-hydrogen) atoms. The van der Waals surface area contributed by atoms with Gasteiger partial charge in [0.1, 0.15) is 5.75 Å². The van der Waals surface area contributed by atoms with Gasteiger partial charge in [-0.15, -0.1) is 0 Å². The largest absolute Gasteiger partial charge is 0.497 e. The van der Waals surface area contributed by atoms with E-state index in [1.165, 1.54) is 11.1 Å². The SMILES string of the molecule is COc1ccc(CC(Br)c2cccc(Cl)c2C)cc1. The molecule has 0 saturated carbocycles. The fourth-order valence-corrected chi connectivity index (χ4v) is 3.09. The normalized spacial score (nSPS) is 12.2. The van der Waals surface area contributed by atoms with Gasteiger partial charge in [-0.25, -0.2) is 0 Å². The molecule has 0 heterocycles. The minimum atomic E-state index is 0.264. The van der Waals surface area contributed by atoms with E-state index in [0.717, 1.165) is 22.8 Å². The lowest BCUT2D eigenvalue weighted by Gasteiger charge is -2.14. The lowest BCUT2D eigenvalue weighted by atomic mass is 10.0. The summed E-state index contributed by atoms with van der Waals surface area (Å²) in [5, 5.41) is 0.816. The number of alkyl halides is 1. The minimum Gasteiger partial charge on any atom is -0.497 e. The van der Waals surface area contributed by atoms with E-state index in [1.54, 1.807) is 7.11 Å². The molecule has 2 rings (SSSR count). The smallest absolute Gasteiger partial charge is 0.118 e. The van der Waals surface area contributed by atoms with Crippen LogP contribution in [0.4, 0.5) is 0 Å². The number of ether oxygens (including phenoxy) is 1. The van der Waals surface area contributed by atoms with E-state index in [0.29, 0.717) is 0 Å². The van der Waals surface area contributed by atoms with Crippen molar-refractivity contribution in [2.75, 3.05) is 7.11 Å². The van der Waals surface area contributed by atoms with Crippen LogP contribution in [0.25, 0.3) is 0 Å². The third-order valence-electron chi connectivity index (χ3n) is 3.22. The maximum Gasteiger partial charge on any atom is 0.118 e. The molecular formula is C16H16BrClO. The molecule has 0 saturated heterocycles. The summed E-state index contributed by atoms with van der Waals surface area (Å²) in [7, 11) is 1.68. The van der Waals surface area contributed by atoms with Crippen molar-refractivity contribution in [2.45, 2.75) is 18.2 Å². The molecule has 0 aliphatic heterocycles. The van der Waals surface area contributed by atoms with Gasteiger partial charge in [0, 0.05) is 9.85 Å². The second-order valence-corrected chi connectivity index (χ2v) is 5.99. The highest BCUT2D eigenvalue weighted by molar-refractivity contribution is 9.09. The Morgan fingerprint density at radius 1 is 1.16 bits per heavy atom. The Kier molecular flexibility index (Phi) is 4.89. The molecule has 0 aliphatic carbocycles. The van der Waals surface area contributed by atoms with Gasteiger partial charge in [0.15, 0.2) is 0 Å². The van der Waals surface area contributed by atoms with Crippen LogP contribution in [0.2, 0.25) is 5.02 Å². The van der Waals surface area contributed by atoms with Crippen LogP contribution in [0.1, 0.15) is 21.5 Å². The predicted octanol–water partition coefficient (Wildman–Crippen LogP) is 5.34. The Balaban J connectivity index is 2.15. The van der Waals surface area contributed by atoms with Gasteiger partial charge in [0.2, 0.25) is 0 Å². The van der Waals surface area contributed by atoms with Gasteiger partial charge in [-0.2, -0.15) is 0 Å². The summed E-state index contributed by atoms with van der Waals surface area (Å²) in [6.07, 6.45) is 0.922. The zero-order valence-corrected chi connectivity index (χ0v) is 13.3. The highest BCUT2D eigenvalue weighted by atomic mass is 79.9. The van der Waals surface area contributed by atoms with Crippen molar-refractivity contribution in [1.82, 2.24) is 0 Å². The van der Waals surface area contributed by atoms with Crippen molar-refractivity contribution < 1.29 is 4.74 Å². The second-order valence-electron chi connectivity index (χ2n) is 4.47. The standard InChI is InChI=1S/C16H16BrClO/c1-11-14(4-3-5-16(11)18)15(17)10-12-6-8-13(19-2)9-7-12/h3-9,15H,10H2,1-2H3.